The molecule has 0 bridgehead atoms. The fourth-order valence-corrected chi connectivity index (χ4v) is 2.96. The molecule has 0 radical (unpaired) electrons. The van der Waals surface area contributed by atoms with Crippen LogP contribution >= 0.6 is 11.8 Å². The Kier molecular flexibility index (Phi) is 5.58. The molecule has 5 nitrogen and oxygen atoms in total. The summed E-state index contributed by atoms with van der Waals surface area (Å²) in [6.07, 6.45) is 3.03. The summed E-state index contributed by atoms with van der Waals surface area (Å²) in [5.41, 5.74) is 3.18. The molecule has 1 N–H and O–H groups in total. The molecule has 0 spiro atoms. The van der Waals surface area contributed by atoms with E-state index in [-0.39, 0.29) is 12.0 Å². The van der Waals surface area contributed by atoms with Crippen LogP contribution in [-0.2, 0) is 9.53 Å². The first-order valence-electron chi connectivity index (χ1n) is 7.29. The third-order valence-electron chi connectivity index (χ3n) is 3.75. The first-order valence-corrected chi connectivity index (χ1v) is 8.28. The van der Waals surface area contributed by atoms with Gasteiger partial charge in [-0.15, -0.1) is 0 Å². The summed E-state index contributed by atoms with van der Waals surface area (Å²) in [6.45, 7) is 6.03. The van der Waals surface area contributed by atoms with Crippen molar-refractivity contribution in [3.05, 3.63) is 17.0 Å². The SMILES string of the molecule is COC(=O)C(CCSc1nc(C)c(C)c(C)n1)NC1CC1. The molecule has 21 heavy (non-hydrogen) atoms. The van der Waals surface area contributed by atoms with Crippen molar-refractivity contribution in [3.63, 3.8) is 0 Å². The molecule has 1 unspecified atom stereocenters. The standard InChI is InChI=1S/C15H23N3O2S/c1-9-10(2)16-15(17-11(9)3)21-8-7-13(14(19)20-4)18-12-5-6-12/h12-13,18H,5-8H2,1-4H3. The van der Waals surface area contributed by atoms with Crippen LogP contribution in [-0.4, -0.2) is 40.9 Å². The summed E-state index contributed by atoms with van der Waals surface area (Å²) in [6, 6.07) is 0.266. The van der Waals surface area contributed by atoms with Gasteiger partial charge in [-0.2, -0.15) is 0 Å². The van der Waals surface area contributed by atoms with Gasteiger partial charge in [0.2, 0.25) is 0 Å². The Morgan fingerprint density at radius 1 is 1.33 bits per heavy atom. The number of carbonyl (C=O) groups is 1. The molecule has 0 saturated heterocycles. The van der Waals surface area contributed by atoms with Crippen molar-refractivity contribution in [1.29, 1.82) is 0 Å². The number of aryl methyl sites for hydroxylation is 2. The summed E-state index contributed by atoms with van der Waals surface area (Å²) in [5.74, 6) is 0.612. The zero-order valence-electron chi connectivity index (χ0n) is 13.1. The van der Waals surface area contributed by atoms with Gasteiger partial charge in [-0.25, -0.2) is 9.97 Å². The normalized spacial score (nSPS) is 15.8. The van der Waals surface area contributed by atoms with Gasteiger partial charge in [0, 0.05) is 23.2 Å². The average Bonchev–Trinajstić information content (AvgIpc) is 3.26. The highest BCUT2D eigenvalue weighted by molar-refractivity contribution is 7.99. The highest BCUT2D eigenvalue weighted by Crippen LogP contribution is 2.22. The number of hydrogen-bond acceptors (Lipinski definition) is 6. The number of ether oxygens (including phenoxy) is 1. The molecule has 6 heteroatoms. The smallest absolute Gasteiger partial charge is 0.322 e. The molecule has 1 heterocycles. The molecule has 116 valence electrons. The largest absolute Gasteiger partial charge is 0.468 e. The molecule has 1 aliphatic carbocycles. The quantitative estimate of drug-likeness (QED) is 0.473. The van der Waals surface area contributed by atoms with Gasteiger partial charge in [-0.1, -0.05) is 11.8 Å². The third-order valence-corrected chi connectivity index (χ3v) is 4.63. The average molecular weight is 309 g/mol. The molecule has 0 aliphatic heterocycles. The van der Waals surface area contributed by atoms with Crippen molar-refractivity contribution in [2.24, 2.45) is 0 Å². The van der Waals surface area contributed by atoms with Gasteiger partial charge in [0.15, 0.2) is 5.16 Å². The third kappa shape index (κ3) is 4.68. The first-order chi connectivity index (χ1) is 10.0. The Balaban J connectivity index is 1.87. The molecule has 1 aromatic rings. The molecule has 1 atom stereocenters. The second-order valence-corrected chi connectivity index (χ2v) is 6.52. The van der Waals surface area contributed by atoms with Crippen LogP contribution in [0.3, 0.4) is 0 Å². The Labute approximate surface area is 130 Å². The van der Waals surface area contributed by atoms with Gasteiger partial charge in [0.25, 0.3) is 0 Å². The highest BCUT2D eigenvalue weighted by atomic mass is 32.2. The number of hydrogen-bond donors (Lipinski definition) is 1. The van der Waals surface area contributed by atoms with Crippen molar-refractivity contribution in [2.45, 2.75) is 57.3 Å². The number of nitrogens with zero attached hydrogens (tertiary/aromatic N) is 2. The summed E-state index contributed by atoms with van der Waals surface area (Å²) in [7, 11) is 1.44. The van der Waals surface area contributed by atoms with Crippen LogP contribution in [0.2, 0.25) is 0 Å². The van der Waals surface area contributed by atoms with Crippen LogP contribution in [0.1, 0.15) is 36.2 Å². The molecular formula is C15H23N3O2S. The fourth-order valence-electron chi connectivity index (χ4n) is 2.02. The van der Waals surface area contributed by atoms with E-state index in [2.05, 4.69) is 15.3 Å². The van der Waals surface area contributed by atoms with Crippen LogP contribution in [0.15, 0.2) is 5.16 Å². The van der Waals surface area contributed by atoms with Crippen LogP contribution in [0.4, 0.5) is 0 Å². The van der Waals surface area contributed by atoms with Crippen molar-refractivity contribution in [1.82, 2.24) is 15.3 Å². The number of nitrogens with one attached hydrogen (secondary N) is 1. The predicted octanol–water partition coefficient (Wildman–Crippen LogP) is 2.18. The maximum Gasteiger partial charge on any atom is 0.322 e. The van der Waals surface area contributed by atoms with Gasteiger partial charge in [0.05, 0.1) is 7.11 Å². The first kappa shape index (κ1) is 16.2. The zero-order chi connectivity index (χ0) is 15.4. The summed E-state index contributed by atoms with van der Waals surface area (Å²) >= 11 is 1.59. The lowest BCUT2D eigenvalue weighted by atomic mass is 10.2. The van der Waals surface area contributed by atoms with Crippen LogP contribution < -0.4 is 5.32 Å². The van der Waals surface area contributed by atoms with E-state index in [1.165, 1.54) is 7.11 Å². The van der Waals surface area contributed by atoms with Crippen molar-refractivity contribution in [3.8, 4) is 0 Å². The maximum absolute atomic E-state index is 11.7. The molecule has 2 rings (SSSR count). The Bertz CT molecular complexity index is 495. The molecule has 1 aliphatic rings. The Hall–Kier alpha value is -1.14. The molecule has 1 fully saturated rings. The van der Waals surface area contributed by atoms with Crippen LogP contribution in [0, 0.1) is 20.8 Å². The monoisotopic (exact) mass is 309 g/mol. The molecular weight excluding hydrogens is 286 g/mol. The molecule has 0 amide bonds. The van der Waals surface area contributed by atoms with Gasteiger partial charge < -0.3 is 10.1 Å². The summed E-state index contributed by atoms with van der Waals surface area (Å²) in [4.78, 5) is 20.7. The van der Waals surface area contributed by atoms with E-state index < -0.39 is 0 Å². The van der Waals surface area contributed by atoms with Gasteiger partial charge >= 0.3 is 5.97 Å². The van der Waals surface area contributed by atoms with E-state index in [0.29, 0.717) is 6.04 Å². The number of carbonyl (C=O) groups excluding carboxylic acids is 1. The lowest BCUT2D eigenvalue weighted by molar-refractivity contribution is -0.143. The van der Waals surface area contributed by atoms with Crippen LogP contribution in [0.5, 0.6) is 0 Å². The minimum atomic E-state index is -0.220. The number of aromatic nitrogens is 2. The van der Waals surface area contributed by atoms with E-state index in [1.807, 2.05) is 20.8 Å². The number of methoxy groups -OCH3 is 1. The summed E-state index contributed by atoms with van der Waals surface area (Å²) in [5, 5.41) is 4.11. The van der Waals surface area contributed by atoms with E-state index in [0.717, 1.165) is 47.1 Å². The van der Waals surface area contributed by atoms with Crippen molar-refractivity contribution in [2.75, 3.05) is 12.9 Å². The molecule has 1 aromatic heterocycles. The lowest BCUT2D eigenvalue weighted by Gasteiger charge is -2.15. The number of rotatable bonds is 7. The zero-order valence-corrected chi connectivity index (χ0v) is 13.9. The topological polar surface area (TPSA) is 64.1 Å². The predicted molar refractivity (Wildman–Crippen MR) is 83.5 cm³/mol. The minimum absolute atomic E-state index is 0.181. The Morgan fingerprint density at radius 2 is 1.95 bits per heavy atom. The second kappa shape index (κ2) is 7.22. The number of thioether (sulfide) groups is 1. The number of esters is 1. The van der Waals surface area contributed by atoms with Crippen molar-refractivity contribution >= 4 is 17.7 Å². The molecule has 1 saturated carbocycles. The summed E-state index contributed by atoms with van der Waals surface area (Å²) < 4.78 is 4.86. The fraction of sp³-hybridized carbons (Fsp3) is 0.667. The van der Waals surface area contributed by atoms with E-state index >= 15 is 0 Å². The Morgan fingerprint density at radius 3 is 2.48 bits per heavy atom. The van der Waals surface area contributed by atoms with Gasteiger partial charge in [-0.05, 0) is 45.6 Å². The molecule has 0 aromatic carbocycles. The minimum Gasteiger partial charge on any atom is -0.468 e. The van der Waals surface area contributed by atoms with Gasteiger partial charge in [0.1, 0.15) is 6.04 Å². The second-order valence-electron chi connectivity index (χ2n) is 5.46. The van der Waals surface area contributed by atoms with E-state index in [9.17, 15) is 4.79 Å². The highest BCUT2D eigenvalue weighted by Gasteiger charge is 2.28. The van der Waals surface area contributed by atoms with E-state index in [4.69, 9.17) is 4.74 Å². The van der Waals surface area contributed by atoms with Crippen molar-refractivity contribution < 1.29 is 9.53 Å². The lowest BCUT2D eigenvalue weighted by Crippen LogP contribution is -2.39. The van der Waals surface area contributed by atoms with E-state index in [1.54, 1.807) is 11.8 Å². The van der Waals surface area contributed by atoms with Crippen LogP contribution in [0.25, 0.3) is 0 Å². The van der Waals surface area contributed by atoms with Gasteiger partial charge in [-0.3, -0.25) is 4.79 Å². The maximum atomic E-state index is 11.7.